The topological polar surface area (TPSA) is 40.5 Å². The van der Waals surface area contributed by atoms with Crippen LogP contribution < -0.4 is 0 Å². The van der Waals surface area contributed by atoms with E-state index >= 15 is 0 Å². The van der Waals surface area contributed by atoms with E-state index in [0.29, 0.717) is 5.92 Å². The minimum Gasteiger partial charge on any atom is -0.480 e. The maximum absolute atomic E-state index is 11.6. The van der Waals surface area contributed by atoms with Crippen LogP contribution >= 0.6 is 0 Å². The predicted molar refractivity (Wildman–Crippen MR) is 63.4 cm³/mol. The van der Waals surface area contributed by atoms with E-state index in [1.54, 1.807) is 0 Å². The molecule has 0 unspecified atom stereocenters. The van der Waals surface area contributed by atoms with Gasteiger partial charge in [-0.25, -0.2) is 0 Å². The summed E-state index contributed by atoms with van der Waals surface area (Å²) in [6.07, 6.45) is 6.34. The van der Waals surface area contributed by atoms with Crippen LogP contribution in [0.3, 0.4) is 0 Å². The van der Waals surface area contributed by atoms with Crippen LogP contribution in [0.15, 0.2) is 0 Å². The van der Waals surface area contributed by atoms with E-state index in [9.17, 15) is 9.90 Å². The first-order valence-electron chi connectivity index (χ1n) is 6.49. The zero-order valence-corrected chi connectivity index (χ0v) is 10.4. The van der Waals surface area contributed by atoms with Crippen molar-refractivity contribution in [2.45, 2.75) is 51.0 Å². The number of carboxylic acid groups (broad SMARTS) is 1. The second-order valence-electron chi connectivity index (χ2n) is 5.84. The van der Waals surface area contributed by atoms with Crippen molar-refractivity contribution in [1.29, 1.82) is 0 Å². The van der Waals surface area contributed by atoms with Crippen LogP contribution in [0.1, 0.15) is 45.4 Å². The number of hydrogen-bond acceptors (Lipinski definition) is 2. The first-order valence-corrected chi connectivity index (χ1v) is 6.49. The molecular weight excluding hydrogens is 202 g/mol. The Kier molecular flexibility index (Phi) is 3.24. The lowest BCUT2D eigenvalue weighted by atomic mass is 9.76. The van der Waals surface area contributed by atoms with Gasteiger partial charge in [-0.15, -0.1) is 0 Å². The molecule has 0 bridgehead atoms. The lowest BCUT2D eigenvalue weighted by Crippen LogP contribution is -2.55. The van der Waals surface area contributed by atoms with Gasteiger partial charge in [-0.2, -0.15) is 0 Å². The Morgan fingerprint density at radius 2 is 1.88 bits per heavy atom. The van der Waals surface area contributed by atoms with E-state index in [1.807, 2.05) is 7.05 Å². The Morgan fingerprint density at radius 1 is 1.31 bits per heavy atom. The molecule has 2 fully saturated rings. The molecule has 0 aromatic rings. The zero-order valence-electron chi connectivity index (χ0n) is 10.4. The van der Waals surface area contributed by atoms with Gasteiger partial charge in [0.25, 0.3) is 0 Å². The fourth-order valence-corrected chi connectivity index (χ4v) is 2.86. The zero-order chi connectivity index (χ0) is 11.8. The van der Waals surface area contributed by atoms with E-state index in [-0.39, 0.29) is 0 Å². The Balaban J connectivity index is 2.04. The molecule has 0 aliphatic heterocycles. The van der Waals surface area contributed by atoms with Crippen LogP contribution in [-0.4, -0.2) is 35.1 Å². The molecule has 1 N–H and O–H groups in total. The van der Waals surface area contributed by atoms with Gasteiger partial charge in [0.05, 0.1) is 0 Å². The van der Waals surface area contributed by atoms with Crippen molar-refractivity contribution >= 4 is 5.97 Å². The van der Waals surface area contributed by atoms with Crippen molar-refractivity contribution in [1.82, 2.24) is 4.90 Å². The summed E-state index contributed by atoms with van der Waals surface area (Å²) >= 11 is 0. The van der Waals surface area contributed by atoms with Crippen LogP contribution in [0, 0.1) is 11.8 Å². The number of likely N-dealkylation sites (N-methyl/N-ethyl adjacent to an activating group) is 1. The van der Waals surface area contributed by atoms with Gasteiger partial charge < -0.3 is 5.11 Å². The van der Waals surface area contributed by atoms with Gasteiger partial charge in [0.2, 0.25) is 0 Å². The molecule has 0 aromatic carbocycles. The van der Waals surface area contributed by atoms with E-state index in [2.05, 4.69) is 11.8 Å². The highest BCUT2D eigenvalue weighted by Crippen LogP contribution is 2.39. The molecule has 0 radical (unpaired) electrons. The molecule has 0 saturated heterocycles. The summed E-state index contributed by atoms with van der Waals surface area (Å²) in [6, 6.07) is 0. The van der Waals surface area contributed by atoms with Crippen LogP contribution in [-0.2, 0) is 4.79 Å². The van der Waals surface area contributed by atoms with E-state index < -0.39 is 11.5 Å². The van der Waals surface area contributed by atoms with Crippen molar-refractivity contribution < 1.29 is 9.90 Å². The first kappa shape index (κ1) is 11.9. The summed E-state index contributed by atoms with van der Waals surface area (Å²) < 4.78 is 0. The summed E-state index contributed by atoms with van der Waals surface area (Å²) in [5, 5.41) is 9.54. The highest BCUT2D eigenvalue weighted by molar-refractivity contribution is 5.78. The number of hydrogen-bond donors (Lipinski definition) is 1. The number of nitrogens with zero attached hydrogens (tertiary/aromatic N) is 1. The molecule has 16 heavy (non-hydrogen) atoms. The van der Waals surface area contributed by atoms with Gasteiger partial charge >= 0.3 is 5.97 Å². The normalized spacial score (nSPS) is 35.3. The van der Waals surface area contributed by atoms with Gasteiger partial charge in [-0.05, 0) is 57.4 Å². The highest BCUT2D eigenvalue weighted by atomic mass is 16.4. The third-order valence-corrected chi connectivity index (χ3v) is 4.46. The molecule has 2 aliphatic rings. The Hall–Kier alpha value is -0.570. The number of rotatable bonds is 4. The summed E-state index contributed by atoms with van der Waals surface area (Å²) in [7, 11) is 2.00. The highest BCUT2D eigenvalue weighted by Gasteiger charge is 2.45. The lowest BCUT2D eigenvalue weighted by Gasteiger charge is -2.42. The van der Waals surface area contributed by atoms with Gasteiger partial charge in [-0.3, -0.25) is 9.69 Å². The van der Waals surface area contributed by atoms with Gasteiger partial charge in [0.15, 0.2) is 0 Å². The lowest BCUT2D eigenvalue weighted by molar-refractivity contribution is -0.154. The standard InChI is InChI=1S/C13H23NO2/c1-10-5-7-13(8-6-10,12(15)16)14(2)9-11-3-4-11/h10-11H,3-9H2,1-2H3,(H,15,16). The molecule has 2 rings (SSSR count). The van der Waals surface area contributed by atoms with Gasteiger partial charge in [0.1, 0.15) is 5.54 Å². The average Bonchev–Trinajstić information content (AvgIpc) is 3.02. The minimum atomic E-state index is -0.609. The minimum absolute atomic E-state index is 0.560. The quantitative estimate of drug-likeness (QED) is 0.798. The van der Waals surface area contributed by atoms with Crippen LogP contribution in [0.2, 0.25) is 0 Å². The molecule has 0 spiro atoms. The molecule has 92 valence electrons. The maximum Gasteiger partial charge on any atom is 0.324 e. The molecule has 3 nitrogen and oxygen atoms in total. The summed E-state index contributed by atoms with van der Waals surface area (Å²) in [6.45, 7) is 3.20. The van der Waals surface area contributed by atoms with Crippen molar-refractivity contribution in [3.8, 4) is 0 Å². The Bertz CT molecular complexity index is 265. The summed E-state index contributed by atoms with van der Waals surface area (Å²) in [4.78, 5) is 13.7. The SMILES string of the molecule is CC1CCC(C(=O)O)(N(C)CC2CC2)CC1. The Labute approximate surface area is 97.8 Å². The van der Waals surface area contributed by atoms with Crippen LogP contribution in [0.4, 0.5) is 0 Å². The molecular formula is C13H23NO2. The van der Waals surface area contributed by atoms with Crippen molar-refractivity contribution in [3.63, 3.8) is 0 Å². The molecule has 0 aromatic heterocycles. The first-order chi connectivity index (χ1) is 7.54. The van der Waals surface area contributed by atoms with Crippen molar-refractivity contribution in [3.05, 3.63) is 0 Å². The fraction of sp³-hybridized carbons (Fsp3) is 0.923. The molecule has 2 saturated carbocycles. The second kappa shape index (κ2) is 4.36. The van der Waals surface area contributed by atoms with Crippen LogP contribution in [0.5, 0.6) is 0 Å². The second-order valence-corrected chi connectivity index (χ2v) is 5.84. The number of aliphatic carboxylic acids is 1. The third-order valence-electron chi connectivity index (χ3n) is 4.46. The largest absolute Gasteiger partial charge is 0.480 e. The summed E-state index contributed by atoms with van der Waals surface area (Å²) in [5.41, 5.74) is -0.560. The molecule has 3 heteroatoms. The smallest absolute Gasteiger partial charge is 0.324 e. The molecule has 2 aliphatic carbocycles. The van der Waals surface area contributed by atoms with E-state index in [1.165, 1.54) is 12.8 Å². The molecule has 0 heterocycles. The molecule has 0 atom stereocenters. The van der Waals surface area contributed by atoms with Gasteiger partial charge in [-0.1, -0.05) is 6.92 Å². The fourth-order valence-electron chi connectivity index (χ4n) is 2.86. The van der Waals surface area contributed by atoms with Crippen LogP contribution in [0.25, 0.3) is 0 Å². The predicted octanol–water partition coefficient (Wildman–Crippen LogP) is 2.36. The third kappa shape index (κ3) is 2.24. The monoisotopic (exact) mass is 225 g/mol. The van der Waals surface area contributed by atoms with E-state index in [4.69, 9.17) is 0 Å². The van der Waals surface area contributed by atoms with Gasteiger partial charge in [0, 0.05) is 6.54 Å². The van der Waals surface area contributed by atoms with Crippen molar-refractivity contribution in [2.24, 2.45) is 11.8 Å². The van der Waals surface area contributed by atoms with Crippen molar-refractivity contribution in [2.75, 3.05) is 13.6 Å². The average molecular weight is 225 g/mol. The maximum atomic E-state index is 11.6. The number of carboxylic acids is 1. The Morgan fingerprint density at radius 3 is 2.31 bits per heavy atom. The number of carbonyl (C=O) groups is 1. The summed E-state index contributed by atoms with van der Waals surface area (Å²) in [5.74, 6) is 0.852. The van der Waals surface area contributed by atoms with E-state index in [0.717, 1.165) is 38.1 Å². The molecule has 0 amide bonds.